The van der Waals surface area contributed by atoms with Crippen molar-refractivity contribution in [2.75, 3.05) is 6.61 Å². The molecular weight excluding hydrogens is 240 g/mol. The minimum absolute atomic E-state index is 0.415. The highest BCUT2D eigenvalue weighted by Crippen LogP contribution is 2.20. The summed E-state index contributed by atoms with van der Waals surface area (Å²) in [6.45, 7) is 3.47. The molecule has 2 aromatic rings. The first-order chi connectivity index (χ1) is 9.33. The van der Waals surface area contributed by atoms with Gasteiger partial charge in [0, 0.05) is 24.4 Å². The van der Waals surface area contributed by atoms with Gasteiger partial charge < -0.3 is 15.2 Å². The predicted octanol–water partition coefficient (Wildman–Crippen LogP) is 2.52. The number of pyridine rings is 1. The highest BCUT2D eigenvalue weighted by Gasteiger charge is 2.03. The molecular formula is C15H18N2O2. The Morgan fingerprint density at radius 2 is 1.89 bits per heavy atom. The molecule has 0 amide bonds. The molecule has 0 unspecified atom stereocenters. The van der Waals surface area contributed by atoms with E-state index >= 15 is 0 Å². The lowest BCUT2D eigenvalue weighted by Gasteiger charge is -2.10. The SMILES string of the molecule is CCOc1cccc(OCc2cccnc2CN)c1. The molecule has 0 aliphatic rings. The molecule has 1 heterocycles. The van der Waals surface area contributed by atoms with Gasteiger partial charge in [0.05, 0.1) is 12.3 Å². The van der Waals surface area contributed by atoms with E-state index in [9.17, 15) is 0 Å². The molecule has 2 rings (SSSR count). The summed E-state index contributed by atoms with van der Waals surface area (Å²) in [6.07, 6.45) is 1.74. The number of ether oxygens (including phenoxy) is 2. The van der Waals surface area contributed by atoms with Crippen molar-refractivity contribution in [3.05, 3.63) is 53.9 Å². The second-order valence-electron chi connectivity index (χ2n) is 4.01. The summed E-state index contributed by atoms with van der Waals surface area (Å²) in [7, 11) is 0. The van der Waals surface area contributed by atoms with Gasteiger partial charge in [0.2, 0.25) is 0 Å². The van der Waals surface area contributed by atoms with Gasteiger partial charge in [-0.15, -0.1) is 0 Å². The highest BCUT2D eigenvalue weighted by atomic mass is 16.5. The first kappa shape index (κ1) is 13.4. The Labute approximate surface area is 113 Å². The van der Waals surface area contributed by atoms with Gasteiger partial charge in [-0.2, -0.15) is 0 Å². The standard InChI is InChI=1S/C15H18N2O2/c1-2-18-13-6-3-7-14(9-13)19-11-12-5-4-8-17-15(12)10-16/h3-9H,2,10-11,16H2,1H3. The van der Waals surface area contributed by atoms with Crippen LogP contribution >= 0.6 is 0 Å². The van der Waals surface area contributed by atoms with Crippen molar-refractivity contribution >= 4 is 0 Å². The van der Waals surface area contributed by atoms with Crippen LogP contribution in [0.2, 0.25) is 0 Å². The van der Waals surface area contributed by atoms with Crippen LogP contribution in [0.5, 0.6) is 11.5 Å². The molecule has 0 saturated carbocycles. The summed E-state index contributed by atoms with van der Waals surface area (Å²) >= 11 is 0. The molecule has 0 aliphatic heterocycles. The van der Waals surface area contributed by atoms with E-state index in [2.05, 4.69) is 4.98 Å². The van der Waals surface area contributed by atoms with Gasteiger partial charge in [0.1, 0.15) is 18.1 Å². The zero-order valence-electron chi connectivity index (χ0n) is 11.0. The van der Waals surface area contributed by atoms with Gasteiger partial charge in [-0.3, -0.25) is 4.98 Å². The molecule has 0 bridgehead atoms. The van der Waals surface area contributed by atoms with Gasteiger partial charge >= 0.3 is 0 Å². The van der Waals surface area contributed by atoms with Crippen molar-refractivity contribution < 1.29 is 9.47 Å². The molecule has 4 heteroatoms. The van der Waals surface area contributed by atoms with Crippen LogP contribution < -0.4 is 15.2 Å². The maximum Gasteiger partial charge on any atom is 0.123 e. The minimum Gasteiger partial charge on any atom is -0.494 e. The van der Waals surface area contributed by atoms with Crippen molar-refractivity contribution in [1.82, 2.24) is 4.98 Å². The second kappa shape index (κ2) is 6.75. The lowest BCUT2D eigenvalue weighted by atomic mass is 10.2. The highest BCUT2D eigenvalue weighted by molar-refractivity contribution is 5.33. The number of hydrogen-bond acceptors (Lipinski definition) is 4. The topological polar surface area (TPSA) is 57.4 Å². The maximum atomic E-state index is 5.75. The van der Waals surface area contributed by atoms with E-state index in [4.69, 9.17) is 15.2 Å². The van der Waals surface area contributed by atoms with Gasteiger partial charge in [0.15, 0.2) is 0 Å². The van der Waals surface area contributed by atoms with Crippen molar-refractivity contribution in [3.8, 4) is 11.5 Å². The molecule has 0 radical (unpaired) electrons. The molecule has 100 valence electrons. The average molecular weight is 258 g/mol. The average Bonchev–Trinajstić information content (AvgIpc) is 2.46. The lowest BCUT2D eigenvalue weighted by molar-refractivity contribution is 0.298. The zero-order chi connectivity index (χ0) is 13.5. The van der Waals surface area contributed by atoms with Crippen LogP contribution in [0.4, 0.5) is 0 Å². The summed E-state index contributed by atoms with van der Waals surface area (Å²) in [5, 5.41) is 0. The first-order valence-corrected chi connectivity index (χ1v) is 6.32. The number of benzene rings is 1. The molecule has 19 heavy (non-hydrogen) atoms. The minimum atomic E-state index is 0.415. The smallest absolute Gasteiger partial charge is 0.123 e. The summed E-state index contributed by atoms with van der Waals surface area (Å²) < 4.78 is 11.2. The Hall–Kier alpha value is -2.07. The van der Waals surface area contributed by atoms with Gasteiger partial charge in [-0.25, -0.2) is 0 Å². The van der Waals surface area contributed by atoms with Crippen molar-refractivity contribution in [3.63, 3.8) is 0 Å². The van der Waals surface area contributed by atoms with Crippen LogP contribution in [0.3, 0.4) is 0 Å². The summed E-state index contributed by atoms with van der Waals surface area (Å²) in [6, 6.07) is 11.5. The van der Waals surface area contributed by atoms with Crippen molar-refractivity contribution in [1.29, 1.82) is 0 Å². The van der Waals surface area contributed by atoms with E-state index in [-0.39, 0.29) is 0 Å². The predicted molar refractivity (Wildman–Crippen MR) is 74.1 cm³/mol. The molecule has 0 atom stereocenters. The van der Waals surface area contributed by atoms with Crippen LogP contribution in [-0.4, -0.2) is 11.6 Å². The zero-order valence-corrected chi connectivity index (χ0v) is 11.0. The Morgan fingerprint density at radius 1 is 1.11 bits per heavy atom. The summed E-state index contributed by atoms with van der Waals surface area (Å²) in [5.74, 6) is 1.59. The number of nitrogens with two attached hydrogens (primary N) is 1. The maximum absolute atomic E-state index is 5.75. The number of rotatable bonds is 6. The number of nitrogens with zero attached hydrogens (tertiary/aromatic N) is 1. The Balaban J connectivity index is 2.03. The van der Waals surface area contributed by atoms with Crippen molar-refractivity contribution in [2.24, 2.45) is 5.73 Å². The summed E-state index contributed by atoms with van der Waals surface area (Å²) in [4.78, 5) is 4.23. The molecule has 0 fully saturated rings. The fraction of sp³-hybridized carbons (Fsp3) is 0.267. The van der Waals surface area contributed by atoms with Gasteiger partial charge in [-0.05, 0) is 25.1 Å². The van der Waals surface area contributed by atoms with E-state index < -0.39 is 0 Å². The Morgan fingerprint density at radius 3 is 2.63 bits per heavy atom. The Bertz CT molecular complexity index is 529. The molecule has 4 nitrogen and oxygen atoms in total. The largest absolute Gasteiger partial charge is 0.494 e. The molecule has 0 saturated heterocycles. The summed E-state index contributed by atoms with van der Waals surface area (Å²) in [5.41, 5.74) is 7.52. The first-order valence-electron chi connectivity index (χ1n) is 6.32. The van der Waals surface area contributed by atoms with E-state index in [1.807, 2.05) is 43.3 Å². The van der Waals surface area contributed by atoms with Crippen LogP contribution in [0.25, 0.3) is 0 Å². The number of aromatic nitrogens is 1. The monoisotopic (exact) mass is 258 g/mol. The van der Waals surface area contributed by atoms with Crippen LogP contribution in [-0.2, 0) is 13.2 Å². The lowest BCUT2D eigenvalue weighted by Crippen LogP contribution is -2.06. The fourth-order valence-corrected chi connectivity index (χ4v) is 1.77. The molecule has 1 aromatic heterocycles. The van der Waals surface area contributed by atoms with Gasteiger partial charge in [0.25, 0.3) is 0 Å². The third kappa shape index (κ3) is 3.69. The van der Waals surface area contributed by atoms with E-state index in [0.29, 0.717) is 19.8 Å². The van der Waals surface area contributed by atoms with Crippen LogP contribution in [0, 0.1) is 0 Å². The molecule has 2 N–H and O–H groups in total. The van der Waals surface area contributed by atoms with Gasteiger partial charge in [-0.1, -0.05) is 12.1 Å². The Kier molecular flexibility index (Phi) is 4.75. The van der Waals surface area contributed by atoms with E-state index in [1.165, 1.54) is 0 Å². The number of hydrogen-bond donors (Lipinski definition) is 1. The normalized spacial score (nSPS) is 10.2. The quantitative estimate of drug-likeness (QED) is 0.865. The van der Waals surface area contributed by atoms with Crippen LogP contribution in [0.15, 0.2) is 42.6 Å². The molecule has 1 aromatic carbocycles. The fourth-order valence-electron chi connectivity index (χ4n) is 1.77. The van der Waals surface area contributed by atoms with E-state index in [1.54, 1.807) is 6.20 Å². The molecule has 0 spiro atoms. The third-order valence-electron chi connectivity index (χ3n) is 2.69. The third-order valence-corrected chi connectivity index (χ3v) is 2.69. The molecule has 0 aliphatic carbocycles. The van der Waals surface area contributed by atoms with Crippen molar-refractivity contribution in [2.45, 2.75) is 20.1 Å². The van der Waals surface area contributed by atoms with Crippen LogP contribution in [0.1, 0.15) is 18.2 Å². The van der Waals surface area contributed by atoms with E-state index in [0.717, 1.165) is 22.8 Å². The second-order valence-corrected chi connectivity index (χ2v) is 4.01.